The number of carbonyl (C=O) groups is 1. The Kier molecular flexibility index (Phi) is 4.43. The summed E-state index contributed by atoms with van der Waals surface area (Å²) in [4.78, 5) is 11.4. The van der Waals surface area contributed by atoms with Crippen molar-refractivity contribution in [2.75, 3.05) is 13.2 Å². The molecular formula is C15H12BrNO2. The van der Waals surface area contributed by atoms with Crippen LogP contribution in [0.3, 0.4) is 0 Å². The third-order valence-corrected chi connectivity index (χ3v) is 3.39. The molecule has 0 saturated heterocycles. The first kappa shape index (κ1) is 13.4. The molecular weight excluding hydrogens is 306 g/mol. The molecule has 96 valence electrons. The lowest BCUT2D eigenvalue weighted by atomic mass is 10.1. The maximum absolute atomic E-state index is 11.4. The van der Waals surface area contributed by atoms with Crippen molar-refractivity contribution >= 4 is 32.6 Å². The van der Waals surface area contributed by atoms with Crippen LogP contribution in [0.1, 0.15) is 0 Å². The molecule has 0 aliphatic carbocycles. The van der Waals surface area contributed by atoms with E-state index in [-0.39, 0.29) is 19.1 Å². The van der Waals surface area contributed by atoms with Crippen molar-refractivity contribution in [2.24, 2.45) is 0 Å². The van der Waals surface area contributed by atoms with E-state index >= 15 is 0 Å². The highest BCUT2D eigenvalue weighted by molar-refractivity contribution is 9.10. The number of nitrogens with one attached hydrogen (secondary N) is 1. The van der Waals surface area contributed by atoms with Crippen molar-refractivity contribution in [2.45, 2.75) is 0 Å². The monoisotopic (exact) mass is 317 g/mol. The number of hydrogen-bond acceptors (Lipinski definition) is 2. The molecule has 2 aromatic carbocycles. The SMILES string of the molecule is C#CCNC(=O)COc1ccc2ccccc2c1Br. The molecule has 0 atom stereocenters. The predicted octanol–water partition coefficient (Wildman–Crippen LogP) is 2.73. The summed E-state index contributed by atoms with van der Waals surface area (Å²) < 4.78 is 6.32. The largest absolute Gasteiger partial charge is 0.483 e. The minimum Gasteiger partial charge on any atom is -0.483 e. The molecule has 0 unspecified atom stereocenters. The summed E-state index contributed by atoms with van der Waals surface area (Å²) in [7, 11) is 0. The van der Waals surface area contributed by atoms with Crippen molar-refractivity contribution in [3.63, 3.8) is 0 Å². The predicted molar refractivity (Wildman–Crippen MR) is 79.0 cm³/mol. The molecule has 4 heteroatoms. The van der Waals surface area contributed by atoms with E-state index in [1.54, 1.807) is 0 Å². The lowest BCUT2D eigenvalue weighted by Crippen LogP contribution is -2.29. The van der Waals surface area contributed by atoms with Gasteiger partial charge in [-0.05, 0) is 32.8 Å². The summed E-state index contributed by atoms with van der Waals surface area (Å²) in [5.74, 6) is 2.73. The molecule has 0 spiro atoms. The molecule has 3 nitrogen and oxygen atoms in total. The standard InChI is InChI=1S/C15H12BrNO2/c1-2-9-17-14(18)10-19-13-8-7-11-5-3-4-6-12(11)15(13)16/h1,3-8H,9-10H2,(H,17,18). The van der Waals surface area contributed by atoms with Crippen molar-refractivity contribution < 1.29 is 9.53 Å². The summed E-state index contributed by atoms with van der Waals surface area (Å²) >= 11 is 3.50. The molecule has 0 fully saturated rings. The number of ether oxygens (including phenoxy) is 1. The fourth-order valence-electron chi connectivity index (χ4n) is 1.67. The number of benzene rings is 2. The average molecular weight is 318 g/mol. The van der Waals surface area contributed by atoms with Gasteiger partial charge in [-0.2, -0.15) is 0 Å². The van der Waals surface area contributed by atoms with Gasteiger partial charge in [0, 0.05) is 0 Å². The second-order valence-corrected chi connectivity index (χ2v) is 4.66. The molecule has 2 rings (SSSR count). The third-order valence-electron chi connectivity index (χ3n) is 2.57. The van der Waals surface area contributed by atoms with Crippen molar-refractivity contribution in [1.29, 1.82) is 0 Å². The minimum atomic E-state index is -0.238. The summed E-state index contributed by atoms with van der Waals surface area (Å²) in [6, 6.07) is 11.7. The van der Waals surface area contributed by atoms with E-state index in [1.165, 1.54) is 0 Å². The van der Waals surface area contributed by atoms with E-state index in [0.717, 1.165) is 15.2 Å². The van der Waals surface area contributed by atoms with Gasteiger partial charge in [-0.1, -0.05) is 36.3 Å². The molecule has 2 aromatic rings. The quantitative estimate of drug-likeness (QED) is 0.881. The van der Waals surface area contributed by atoms with Crippen molar-refractivity contribution in [1.82, 2.24) is 5.32 Å². The van der Waals surface area contributed by atoms with E-state index in [0.29, 0.717) is 5.75 Å². The molecule has 0 saturated carbocycles. The second kappa shape index (κ2) is 6.26. The first-order chi connectivity index (χ1) is 9.22. The van der Waals surface area contributed by atoms with E-state index in [2.05, 4.69) is 27.2 Å². The molecule has 0 bridgehead atoms. The van der Waals surface area contributed by atoms with E-state index in [9.17, 15) is 4.79 Å². The Bertz CT molecular complexity index is 646. The number of terminal acetylenes is 1. The van der Waals surface area contributed by atoms with Crippen LogP contribution in [0.5, 0.6) is 5.75 Å². The van der Waals surface area contributed by atoms with Gasteiger partial charge in [-0.25, -0.2) is 0 Å². The maximum Gasteiger partial charge on any atom is 0.258 e. The van der Waals surface area contributed by atoms with Crippen LogP contribution in [0.15, 0.2) is 40.9 Å². The van der Waals surface area contributed by atoms with Gasteiger partial charge in [0.2, 0.25) is 0 Å². The zero-order chi connectivity index (χ0) is 13.7. The van der Waals surface area contributed by atoms with Gasteiger partial charge in [-0.3, -0.25) is 4.79 Å². The molecule has 1 amide bonds. The Hall–Kier alpha value is -1.99. The van der Waals surface area contributed by atoms with Crippen LogP contribution in [-0.4, -0.2) is 19.1 Å². The van der Waals surface area contributed by atoms with Gasteiger partial charge in [-0.15, -0.1) is 6.42 Å². The van der Waals surface area contributed by atoms with Gasteiger partial charge in [0.15, 0.2) is 6.61 Å². The Labute approximate surface area is 120 Å². The van der Waals surface area contributed by atoms with Crippen LogP contribution >= 0.6 is 15.9 Å². The smallest absolute Gasteiger partial charge is 0.258 e. The molecule has 0 heterocycles. The third kappa shape index (κ3) is 3.27. The second-order valence-electron chi connectivity index (χ2n) is 3.87. The number of halogens is 1. The number of hydrogen-bond donors (Lipinski definition) is 1. The maximum atomic E-state index is 11.4. The highest BCUT2D eigenvalue weighted by atomic mass is 79.9. The van der Waals surface area contributed by atoms with Gasteiger partial charge < -0.3 is 10.1 Å². The summed E-state index contributed by atoms with van der Waals surface area (Å²) in [6.07, 6.45) is 5.06. The van der Waals surface area contributed by atoms with Gasteiger partial charge >= 0.3 is 0 Å². The van der Waals surface area contributed by atoms with Crippen LogP contribution in [0.2, 0.25) is 0 Å². The summed E-state index contributed by atoms with van der Waals surface area (Å²) in [6.45, 7) is 0.152. The molecule has 0 aliphatic heterocycles. The van der Waals surface area contributed by atoms with Crippen LogP contribution in [-0.2, 0) is 4.79 Å². The lowest BCUT2D eigenvalue weighted by molar-refractivity contribution is -0.122. The fourth-order valence-corrected chi connectivity index (χ4v) is 2.28. The zero-order valence-electron chi connectivity index (χ0n) is 10.2. The van der Waals surface area contributed by atoms with E-state index in [1.807, 2.05) is 36.4 Å². The number of carbonyl (C=O) groups excluding carboxylic acids is 1. The fraction of sp³-hybridized carbons (Fsp3) is 0.133. The molecule has 19 heavy (non-hydrogen) atoms. The lowest BCUT2D eigenvalue weighted by Gasteiger charge is -2.10. The van der Waals surface area contributed by atoms with Gasteiger partial charge in [0.1, 0.15) is 5.75 Å². The normalized spacial score (nSPS) is 9.89. The Morgan fingerprint density at radius 3 is 2.89 bits per heavy atom. The number of amides is 1. The van der Waals surface area contributed by atoms with Gasteiger partial charge in [0.25, 0.3) is 5.91 Å². The number of rotatable bonds is 4. The first-order valence-electron chi connectivity index (χ1n) is 5.72. The molecule has 0 radical (unpaired) electrons. The first-order valence-corrected chi connectivity index (χ1v) is 6.52. The van der Waals surface area contributed by atoms with Crippen LogP contribution in [0.4, 0.5) is 0 Å². The highest BCUT2D eigenvalue weighted by Gasteiger charge is 2.07. The van der Waals surface area contributed by atoms with Crippen LogP contribution in [0.25, 0.3) is 10.8 Å². The molecule has 0 aliphatic rings. The Morgan fingerprint density at radius 2 is 2.11 bits per heavy atom. The van der Waals surface area contributed by atoms with E-state index in [4.69, 9.17) is 11.2 Å². The van der Waals surface area contributed by atoms with E-state index < -0.39 is 0 Å². The Balaban J connectivity index is 2.11. The summed E-state index contributed by atoms with van der Waals surface area (Å²) in [5, 5.41) is 4.70. The zero-order valence-corrected chi connectivity index (χ0v) is 11.7. The van der Waals surface area contributed by atoms with Crippen molar-refractivity contribution in [3.05, 3.63) is 40.9 Å². The molecule has 1 N–H and O–H groups in total. The van der Waals surface area contributed by atoms with Crippen LogP contribution < -0.4 is 10.1 Å². The highest BCUT2D eigenvalue weighted by Crippen LogP contribution is 2.32. The van der Waals surface area contributed by atoms with Gasteiger partial charge in [0.05, 0.1) is 11.0 Å². The van der Waals surface area contributed by atoms with Crippen LogP contribution in [0, 0.1) is 12.3 Å². The average Bonchev–Trinajstić information content (AvgIpc) is 2.44. The Morgan fingerprint density at radius 1 is 1.32 bits per heavy atom. The molecule has 0 aromatic heterocycles. The summed E-state index contributed by atoms with van der Waals surface area (Å²) in [5.41, 5.74) is 0. The number of fused-ring (bicyclic) bond motifs is 1. The minimum absolute atomic E-state index is 0.0569. The van der Waals surface area contributed by atoms with Crippen molar-refractivity contribution in [3.8, 4) is 18.1 Å². The topological polar surface area (TPSA) is 38.3 Å².